The Morgan fingerprint density at radius 3 is 2.00 bits per heavy atom. The van der Waals surface area contributed by atoms with Crippen molar-refractivity contribution in [1.29, 1.82) is 0 Å². The predicted octanol–water partition coefficient (Wildman–Crippen LogP) is 7.02. The van der Waals surface area contributed by atoms with Gasteiger partial charge in [0.1, 0.15) is 5.58 Å². The van der Waals surface area contributed by atoms with Gasteiger partial charge in [-0.2, -0.15) is 0 Å². The minimum absolute atomic E-state index is 0.242. The number of fused-ring (bicyclic) bond motifs is 3. The molecule has 0 aliphatic rings. The quantitative estimate of drug-likeness (QED) is 0.168. The molecule has 0 aliphatic heterocycles. The molecule has 0 aliphatic carbocycles. The van der Waals surface area contributed by atoms with Gasteiger partial charge in [-0.15, -0.1) is 0 Å². The van der Waals surface area contributed by atoms with Crippen molar-refractivity contribution < 1.29 is 26.4 Å². The molecule has 0 radical (unpaired) electrons. The van der Waals surface area contributed by atoms with Crippen molar-refractivity contribution in [3.8, 4) is 22.4 Å². The number of aryl methyl sites for hydroxylation is 2. The van der Waals surface area contributed by atoms with E-state index in [1.165, 1.54) is 12.1 Å². The summed E-state index contributed by atoms with van der Waals surface area (Å²) < 4.78 is 74.8. The van der Waals surface area contributed by atoms with Gasteiger partial charge in [0.2, 0.25) is 11.5 Å². The topological polar surface area (TPSA) is 38.9 Å². The maximum Gasteiger partial charge on any atom is 0.227 e. The highest BCUT2D eigenvalue weighted by Gasteiger charge is 2.27. The molecule has 0 unspecified atom stereocenters. The summed E-state index contributed by atoms with van der Waals surface area (Å²) in [6.45, 7) is 3.69. The van der Waals surface area contributed by atoms with Gasteiger partial charge in [-0.3, -0.25) is 4.98 Å². The minimum atomic E-state index is -2.20. The first kappa shape index (κ1) is 20.1. The van der Waals surface area contributed by atoms with E-state index in [0.717, 1.165) is 28.2 Å². The first-order valence-corrected chi connectivity index (χ1v) is 9.55. The van der Waals surface area contributed by atoms with Crippen LogP contribution in [0.5, 0.6) is 0 Å². The van der Waals surface area contributed by atoms with E-state index in [4.69, 9.17) is 4.42 Å². The van der Waals surface area contributed by atoms with E-state index in [9.17, 15) is 22.0 Å². The van der Waals surface area contributed by atoms with Gasteiger partial charge in [0.15, 0.2) is 23.3 Å². The number of aromatic nitrogens is 2. The highest BCUT2D eigenvalue weighted by molar-refractivity contribution is 6.09. The predicted molar refractivity (Wildman–Crippen MR) is 109 cm³/mol. The lowest BCUT2D eigenvalue weighted by molar-refractivity contribution is 0.381. The largest absolute Gasteiger partial charge is 0.437 e. The Balaban J connectivity index is 1.69. The van der Waals surface area contributed by atoms with Crippen molar-refractivity contribution >= 4 is 22.1 Å². The molecule has 160 valence electrons. The first-order chi connectivity index (χ1) is 15.3. The van der Waals surface area contributed by atoms with Gasteiger partial charge < -0.3 is 4.42 Å². The van der Waals surface area contributed by atoms with Crippen molar-refractivity contribution in [2.45, 2.75) is 13.8 Å². The number of rotatable bonds is 2. The van der Waals surface area contributed by atoms with Crippen molar-refractivity contribution in [3.63, 3.8) is 0 Å². The van der Waals surface area contributed by atoms with Crippen molar-refractivity contribution in [2.24, 2.45) is 0 Å². The summed E-state index contributed by atoms with van der Waals surface area (Å²) in [6.07, 6.45) is 1.07. The molecule has 8 heteroatoms. The molecule has 0 saturated carbocycles. The third-order valence-corrected chi connectivity index (χ3v) is 5.37. The van der Waals surface area contributed by atoms with Gasteiger partial charge in [-0.25, -0.2) is 26.9 Å². The van der Waals surface area contributed by atoms with Crippen molar-refractivity contribution in [3.05, 3.63) is 82.9 Å². The molecule has 0 spiro atoms. The number of hydrogen-bond donors (Lipinski definition) is 0. The summed E-state index contributed by atoms with van der Waals surface area (Å²) in [5, 5.41) is 1.64. The van der Waals surface area contributed by atoms with Crippen molar-refractivity contribution in [1.82, 2.24) is 9.97 Å². The molecule has 32 heavy (non-hydrogen) atoms. The SMILES string of the molecule is Cc1ccc2c(n1)oc1c(-c3ccc(-c4c(F)c(F)c(F)c(F)c4F)cn3)c(C)ccc12. The van der Waals surface area contributed by atoms with E-state index in [1.54, 1.807) is 0 Å². The van der Waals surface area contributed by atoms with Crippen LogP contribution in [0.2, 0.25) is 0 Å². The summed E-state index contributed by atoms with van der Waals surface area (Å²) in [5.41, 5.74) is 2.40. The third-order valence-electron chi connectivity index (χ3n) is 5.37. The second kappa shape index (κ2) is 7.12. The Kier molecular flexibility index (Phi) is 4.47. The molecule has 3 nitrogen and oxygen atoms in total. The molecule has 3 aromatic heterocycles. The Bertz CT molecular complexity index is 1510. The normalized spacial score (nSPS) is 11.6. The molecule has 3 heterocycles. The van der Waals surface area contributed by atoms with E-state index in [0.29, 0.717) is 22.6 Å². The molecule has 5 rings (SSSR count). The van der Waals surface area contributed by atoms with Crippen LogP contribution < -0.4 is 0 Å². The van der Waals surface area contributed by atoms with Gasteiger partial charge in [0.05, 0.1) is 11.3 Å². The number of pyridine rings is 2. The maximum atomic E-state index is 14.2. The molecular formula is C24H13F5N2O. The van der Waals surface area contributed by atoms with E-state index in [-0.39, 0.29) is 5.56 Å². The Labute approximate surface area is 178 Å². The standard InChI is InChI=1S/C24H13F5N2O/c1-10-3-6-13-14-7-4-11(2)31-24(14)32-23(13)16(10)15-8-5-12(9-30-15)17-18(25)20(27)22(29)21(28)19(17)26/h3-9H,1-2H3. The lowest BCUT2D eigenvalue weighted by atomic mass is 9.99. The van der Waals surface area contributed by atoms with Gasteiger partial charge in [-0.1, -0.05) is 18.2 Å². The summed E-state index contributed by atoms with van der Waals surface area (Å²) >= 11 is 0. The minimum Gasteiger partial charge on any atom is -0.437 e. The van der Waals surface area contributed by atoms with E-state index in [1.807, 2.05) is 38.1 Å². The molecule has 5 aromatic rings. The average molecular weight is 440 g/mol. The van der Waals surface area contributed by atoms with Gasteiger partial charge in [0.25, 0.3) is 0 Å². The van der Waals surface area contributed by atoms with Gasteiger partial charge >= 0.3 is 0 Å². The van der Waals surface area contributed by atoms with Crippen LogP contribution in [-0.4, -0.2) is 9.97 Å². The van der Waals surface area contributed by atoms with Crippen LogP contribution in [0.1, 0.15) is 11.3 Å². The van der Waals surface area contributed by atoms with Gasteiger partial charge in [0, 0.05) is 33.8 Å². The second-order valence-corrected chi connectivity index (χ2v) is 7.42. The zero-order valence-electron chi connectivity index (χ0n) is 16.7. The number of furan rings is 1. The Morgan fingerprint density at radius 1 is 0.688 bits per heavy atom. The van der Waals surface area contributed by atoms with Gasteiger partial charge in [-0.05, 0) is 37.6 Å². The maximum absolute atomic E-state index is 14.2. The number of hydrogen-bond acceptors (Lipinski definition) is 3. The van der Waals surface area contributed by atoms with Crippen molar-refractivity contribution in [2.75, 3.05) is 0 Å². The van der Waals surface area contributed by atoms with Crippen LogP contribution in [0.15, 0.2) is 47.0 Å². The zero-order valence-corrected chi connectivity index (χ0v) is 16.7. The lowest BCUT2D eigenvalue weighted by Gasteiger charge is -2.10. The smallest absolute Gasteiger partial charge is 0.227 e. The van der Waals surface area contributed by atoms with Crippen LogP contribution in [-0.2, 0) is 0 Å². The van der Waals surface area contributed by atoms with E-state index >= 15 is 0 Å². The first-order valence-electron chi connectivity index (χ1n) is 9.55. The summed E-state index contributed by atoms with van der Waals surface area (Å²) in [4.78, 5) is 8.64. The fraction of sp³-hybridized carbons (Fsp3) is 0.0833. The highest BCUT2D eigenvalue weighted by atomic mass is 19.2. The van der Waals surface area contributed by atoms with Crippen LogP contribution in [0.25, 0.3) is 44.5 Å². The average Bonchev–Trinajstić information content (AvgIpc) is 3.14. The molecule has 0 saturated heterocycles. The molecular weight excluding hydrogens is 427 g/mol. The Hall–Kier alpha value is -3.81. The fourth-order valence-corrected chi connectivity index (χ4v) is 3.78. The van der Waals surface area contributed by atoms with E-state index < -0.39 is 34.6 Å². The van der Waals surface area contributed by atoms with Crippen LogP contribution >= 0.6 is 0 Å². The fourth-order valence-electron chi connectivity index (χ4n) is 3.78. The van der Waals surface area contributed by atoms with Crippen LogP contribution in [0.4, 0.5) is 22.0 Å². The molecule has 2 aromatic carbocycles. The monoisotopic (exact) mass is 440 g/mol. The van der Waals surface area contributed by atoms with Crippen LogP contribution in [0.3, 0.4) is 0 Å². The third kappa shape index (κ3) is 2.86. The number of benzene rings is 2. The number of nitrogens with zero attached hydrogens (tertiary/aromatic N) is 2. The molecule has 0 N–H and O–H groups in total. The molecule has 0 bridgehead atoms. The summed E-state index contributed by atoms with van der Waals surface area (Å²) in [5.74, 6) is -10.0. The number of halogens is 5. The molecule has 0 amide bonds. The zero-order chi connectivity index (χ0) is 22.7. The molecule has 0 fully saturated rings. The second-order valence-electron chi connectivity index (χ2n) is 7.42. The lowest BCUT2D eigenvalue weighted by Crippen LogP contribution is -2.04. The summed E-state index contributed by atoms with van der Waals surface area (Å²) in [6, 6.07) is 10.3. The van der Waals surface area contributed by atoms with E-state index in [2.05, 4.69) is 9.97 Å². The molecule has 0 atom stereocenters. The Morgan fingerprint density at radius 2 is 1.34 bits per heavy atom. The highest BCUT2D eigenvalue weighted by Crippen LogP contribution is 2.38. The summed E-state index contributed by atoms with van der Waals surface area (Å²) in [7, 11) is 0. The van der Waals surface area contributed by atoms with Crippen LogP contribution in [0, 0.1) is 42.9 Å².